The molecular weight excluding hydrogens is 254 g/mol. The minimum Gasteiger partial charge on any atom is -0.352 e. The number of aryl methyl sites for hydroxylation is 1. The van der Waals surface area contributed by atoms with Crippen LogP contribution in [-0.4, -0.2) is 12.5 Å². The summed E-state index contributed by atoms with van der Waals surface area (Å²) < 4.78 is 0. The Bertz CT molecular complexity index is 580. The van der Waals surface area contributed by atoms with Crippen LogP contribution in [0.4, 0.5) is 0 Å². The Labute approximate surface area is 119 Å². The summed E-state index contributed by atoms with van der Waals surface area (Å²) in [7, 11) is 0. The molecule has 0 spiro atoms. The average Bonchev–Trinajstić information content (AvgIpc) is 2.41. The SMILES string of the molecule is Cc1ccccc1CCNC(=O)c1ccccc1S. The molecule has 0 heterocycles. The summed E-state index contributed by atoms with van der Waals surface area (Å²) in [5.41, 5.74) is 3.14. The van der Waals surface area contributed by atoms with Gasteiger partial charge >= 0.3 is 0 Å². The molecule has 0 aliphatic rings. The van der Waals surface area contributed by atoms with Crippen molar-refractivity contribution in [3.05, 3.63) is 65.2 Å². The molecule has 2 aromatic carbocycles. The van der Waals surface area contributed by atoms with Gasteiger partial charge in [0.25, 0.3) is 5.91 Å². The van der Waals surface area contributed by atoms with Gasteiger partial charge in [-0.25, -0.2) is 0 Å². The standard InChI is InChI=1S/C16H17NOS/c1-12-6-2-3-7-13(12)10-11-17-16(18)14-8-4-5-9-15(14)19/h2-9,19H,10-11H2,1H3,(H,17,18). The van der Waals surface area contributed by atoms with E-state index < -0.39 is 0 Å². The zero-order chi connectivity index (χ0) is 13.7. The normalized spacial score (nSPS) is 10.2. The Morgan fingerprint density at radius 2 is 1.79 bits per heavy atom. The second kappa shape index (κ2) is 6.43. The van der Waals surface area contributed by atoms with Gasteiger partial charge in [0.15, 0.2) is 0 Å². The van der Waals surface area contributed by atoms with Crippen molar-refractivity contribution in [2.75, 3.05) is 6.54 Å². The lowest BCUT2D eigenvalue weighted by molar-refractivity contribution is 0.0951. The Balaban J connectivity index is 1.92. The lowest BCUT2D eigenvalue weighted by atomic mass is 10.1. The van der Waals surface area contributed by atoms with E-state index in [9.17, 15) is 4.79 Å². The summed E-state index contributed by atoms with van der Waals surface area (Å²) in [6.45, 7) is 2.71. The van der Waals surface area contributed by atoms with Crippen molar-refractivity contribution < 1.29 is 4.79 Å². The number of rotatable bonds is 4. The van der Waals surface area contributed by atoms with Crippen molar-refractivity contribution in [3.8, 4) is 0 Å². The van der Waals surface area contributed by atoms with Crippen molar-refractivity contribution in [2.24, 2.45) is 0 Å². The molecule has 98 valence electrons. The van der Waals surface area contributed by atoms with Crippen LogP contribution in [0.2, 0.25) is 0 Å². The molecule has 3 heteroatoms. The molecule has 0 radical (unpaired) electrons. The summed E-state index contributed by atoms with van der Waals surface area (Å²) in [4.78, 5) is 12.7. The lowest BCUT2D eigenvalue weighted by Gasteiger charge is -2.08. The number of carbonyl (C=O) groups excluding carboxylic acids is 1. The molecule has 0 saturated heterocycles. The highest BCUT2D eigenvalue weighted by molar-refractivity contribution is 7.80. The summed E-state index contributed by atoms with van der Waals surface area (Å²) >= 11 is 4.28. The molecule has 2 nitrogen and oxygen atoms in total. The molecule has 0 aromatic heterocycles. The monoisotopic (exact) mass is 271 g/mol. The van der Waals surface area contributed by atoms with Crippen molar-refractivity contribution in [1.29, 1.82) is 0 Å². The van der Waals surface area contributed by atoms with Gasteiger partial charge in [0.05, 0.1) is 5.56 Å². The second-order valence-electron chi connectivity index (χ2n) is 4.45. The first-order valence-corrected chi connectivity index (χ1v) is 6.74. The number of thiol groups is 1. The van der Waals surface area contributed by atoms with Crippen LogP contribution < -0.4 is 5.32 Å². The number of nitrogens with one attached hydrogen (secondary N) is 1. The minimum absolute atomic E-state index is 0.0702. The predicted molar refractivity (Wildman–Crippen MR) is 80.9 cm³/mol. The summed E-state index contributed by atoms with van der Waals surface area (Å²) in [6, 6.07) is 15.5. The largest absolute Gasteiger partial charge is 0.352 e. The van der Waals surface area contributed by atoms with E-state index in [1.165, 1.54) is 11.1 Å². The van der Waals surface area contributed by atoms with E-state index in [0.29, 0.717) is 17.0 Å². The van der Waals surface area contributed by atoms with Crippen molar-refractivity contribution in [3.63, 3.8) is 0 Å². The van der Waals surface area contributed by atoms with Gasteiger partial charge in [-0.05, 0) is 36.6 Å². The van der Waals surface area contributed by atoms with E-state index in [2.05, 4.69) is 37.0 Å². The Kier molecular flexibility index (Phi) is 4.63. The van der Waals surface area contributed by atoms with Gasteiger partial charge in [-0.1, -0.05) is 36.4 Å². The molecule has 0 bridgehead atoms. The molecular formula is C16H17NOS. The maximum absolute atomic E-state index is 12.0. The maximum Gasteiger partial charge on any atom is 0.252 e. The van der Waals surface area contributed by atoms with Gasteiger partial charge in [0.2, 0.25) is 0 Å². The fourth-order valence-electron chi connectivity index (χ4n) is 1.96. The van der Waals surface area contributed by atoms with Crippen molar-refractivity contribution >= 4 is 18.5 Å². The second-order valence-corrected chi connectivity index (χ2v) is 4.93. The predicted octanol–water partition coefficient (Wildman–Crippen LogP) is 3.26. The number of hydrogen-bond donors (Lipinski definition) is 2. The highest BCUT2D eigenvalue weighted by Gasteiger charge is 2.07. The molecule has 0 aliphatic heterocycles. The first kappa shape index (κ1) is 13.7. The van der Waals surface area contributed by atoms with Crippen LogP contribution in [-0.2, 0) is 6.42 Å². The Morgan fingerprint density at radius 1 is 1.11 bits per heavy atom. The first-order valence-electron chi connectivity index (χ1n) is 6.29. The van der Waals surface area contributed by atoms with Crippen LogP contribution in [0, 0.1) is 6.92 Å². The summed E-state index contributed by atoms with van der Waals surface area (Å²) in [5.74, 6) is -0.0702. The fraction of sp³-hybridized carbons (Fsp3) is 0.188. The van der Waals surface area contributed by atoms with Gasteiger partial charge in [-0.15, -0.1) is 12.6 Å². The van der Waals surface area contributed by atoms with Crippen LogP contribution in [0.5, 0.6) is 0 Å². The van der Waals surface area contributed by atoms with Crippen LogP contribution in [0.1, 0.15) is 21.5 Å². The van der Waals surface area contributed by atoms with E-state index >= 15 is 0 Å². The molecule has 2 rings (SSSR count). The maximum atomic E-state index is 12.0. The third kappa shape index (κ3) is 3.61. The average molecular weight is 271 g/mol. The minimum atomic E-state index is -0.0702. The molecule has 0 atom stereocenters. The topological polar surface area (TPSA) is 29.1 Å². The highest BCUT2D eigenvalue weighted by Crippen LogP contribution is 2.12. The number of benzene rings is 2. The molecule has 0 fully saturated rings. The molecule has 0 aliphatic carbocycles. The van der Waals surface area contributed by atoms with Gasteiger partial charge < -0.3 is 5.32 Å². The third-order valence-corrected chi connectivity index (χ3v) is 3.48. The van der Waals surface area contributed by atoms with E-state index in [1.807, 2.05) is 30.3 Å². The molecule has 19 heavy (non-hydrogen) atoms. The first-order chi connectivity index (χ1) is 9.18. The number of carbonyl (C=O) groups is 1. The Morgan fingerprint density at radius 3 is 2.53 bits per heavy atom. The van der Waals surface area contributed by atoms with E-state index in [-0.39, 0.29) is 5.91 Å². The van der Waals surface area contributed by atoms with Crippen LogP contribution >= 0.6 is 12.6 Å². The molecule has 2 aromatic rings. The van der Waals surface area contributed by atoms with Crippen LogP contribution in [0.3, 0.4) is 0 Å². The molecule has 1 amide bonds. The van der Waals surface area contributed by atoms with Gasteiger partial charge in [0, 0.05) is 11.4 Å². The van der Waals surface area contributed by atoms with Crippen molar-refractivity contribution in [2.45, 2.75) is 18.2 Å². The van der Waals surface area contributed by atoms with Crippen LogP contribution in [0.25, 0.3) is 0 Å². The van der Waals surface area contributed by atoms with Crippen molar-refractivity contribution in [1.82, 2.24) is 5.32 Å². The molecule has 0 unspecified atom stereocenters. The summed E-state index contributed by atoms with van der Waals surface area (Å²) in [6.07, 6.45) is 0.840. The Hall–Kier alpha value is -1.74. The quantitative estimate of drug-likeness (QED) is 0.821. The third-order valence-electron chi connectivity index (χ3n) is 3.09. The highest BCUT2D eigenvalue weighted by atomic mass is 32.1. The zero-order valence-corrected chi connectivity index (χ0v) is 11.8. The van der Waals surface area contributed by atoms with Gasteiger partial charge in [-0.2, -0.15) is 0 Å². The van der Waals surface area contributed by atoms with E-state index in [0.717, 1.165) is 6.42 Å². The van der Waals surface area contributed by atoms with E-state index in [4.69, 9.17) is 0 Å². The molecule has 0 saturated carbocycles. The smallest absolute Gasteiger partial charge is 0.252 e. The van der Waals surface area contributed by atoms with E-state index in [1.54, 1.807) is 6.07 Å². The summed E-state index contributed by atoms with van der Waals surface area (Å²) in [5, 5.41) is 2.93. The zero-order valence-electron chi connectivity index (χ0n) is 10.9. The fourth-order valence-corrected chi connectivity index (χ4v) is 2.22. The van der Waals surface area contributed by atoms with Gasteiger partial charge in [0.1, 0.15) is 0 Å². The van der Waals surface area contributed by atoms with Gasteiger partial charge in [-0.3, -0.25) is 4.79 Å². The number of hydrogen-bond acceptors (Lipinski definition) is 2. The lowest BCUT2D eigenvalue weighted by Crippen LogP contribution is -2.26. The number of amides is 1. The van der Waals surface area contributed by atoms with Crippen LogP contribution in [0.15, 0.2) is 53.4 Å². The molecule has 1 N–H and O–H groups in total.